The lowest BCUT2D eigenvalue weighted by Crippen LogP contribution is -2.53. The number of anilines is 1. The second kappa shape index (κ2) is 9.61. The van der Waals surface area contributed by atoms with Crippen LogP contribution < -0.4 is 15.0 Å². The van der Waals surface area contributed by atoms with E-state index in [9.17, 15) is 14.0 Å². The first-order valence-corrected chi connectivity index (χ1v) is 10.1. The first-order chi connectivity index (χ1) is 14.4. The largest absolute Gasteiger partial charge is 0.497 e. The molecule has 1 aliphatic rings. The third kappa shape index (κ3) is 5.28. The van der Waals surface area contributed by atoms with E-state index in [4.69, 9.17) is 4.74 Å². The van der Waals surface area contributed by atoms with Crippen LogP contribution in [0.25, 0.3) is 0 Å². The van der Waals surface area contributed by atoms with Crippen LogP contribution in [0.15, 0.2) is 42.5 Å². The van der Waals surface area contributed by atoms with Gasteiger partial charge in [0, 0.05) is 37.8 Å². The SMILES string of the molecule is COc1cccc(CC(C)NC(=O)N2CCN(c3ccc(C(C)=O)cc3F)CC2)c1. The molecule has 1 fully saturated rings. The zero-order valence-corrected chi connectivity index (χ0v) is 17.7. The van der Waals surface area contributed by atoms with Crippen molar-refractivity contribution in [2.24, 2.45) is 0 Å². The molecule has 0 aromatic heterocycles. The normalized spacial score (nSPS) is 14.9. The van der Waals surface area contributed by atoms with Gasteiger partial charge in [-0.05, 0) is 56.2 Å². The van der Waals surface area contributed by atoms with Crippen molar-refractivity contribution in [3.05, 3.63) is 59.4 Å². The maximum atomic E-state index is 14.4. The number of methoxy groups -OCH3 is 1. The number of ketones is 1. The molecule has 2 aromatic carbocycles. The molecular formula is C23H28FN3O3. The second-order valence-electron chi connectivity index (χ2n) is 7.60. The lowest BCUT2D eigenvalue weighted by molar-refractivity contribution is 0.101. The standard InChI is InChI=1S/C23H28FN3O3/c1-16(13-18-5-4-6-20(14-18)30-3)25-23(29)27-11-9-26(10-12-27)22-8-7-19(17(2)28)15-21(22)24/h4-8,14-16H,9-13H2,1-3H3,(H,25,29). The van der Waals surface area contributed by atoms with Gasteiger partial charge in [-0.3, -0.25) is 4.79 Å². The van der Waals surface area contributed by atoms with Gasteiger partial charge in [0.05, 0.1) is 12.8 Å². The summed E-state index contributed by atoms with van der Waals surface area (Å²) in [4.78, 5) is 27.7. The zero-order chi connectivity index (χ0) is 21.7. The Morgan fingerprint density at radius 2 is 1.87 bits per heavy atom. The highest BCUT2D eigenvalue weighted by Gasteiger charge is 2.24. The maximum Gasteiger partial charge on any atom is 0.317 e. The molecule has 1 unspecified atom stereocenters. The Labute approximate surface area is 176 Å². The number of nitrogens with zero attached hydrogens (tertiary/aromatic N) is 2. The van der Waals surface area contributed by atoms with Gasteiger partial charge in [0.2, 0.25) is 0 Å². The van der Waals surface area contributed by atoms with Crippen molar-refractivity contribution >= 4 is 17.5 Å². The van der Waals surface area contributed by atoms with E-state index in [0.717, 1.165) is 11.3 Å². The molecule has 1 atom stereocenters. The Morgan fingerprint density at radius 3 is 2.50 bits per heavy atom. The number of Topliss-reactive ketones (excluding diaryl/α,β-unsaturated/α-hetero) is 1. The first-order valence-electron chi connectivity index (χ1n) is 10.1. The van der Waals surface area contributed by atoms with Crippen molar-refractivity contribution in [3.8, 4) is 5.75 Å². The molecule has 2 amide bonds. The molecule has 2 aromatic rings. The van der Waals surface area contributed by atoms with Crippen LogP contribution in [-0.2, 0) is 6.42 Å². The van der Waals surface area contributed by atoms with Crippen LogP contribution in [0.2, 0.25) is 0 Å². The van der Waals surface area contributed by atoms with Gasteiger partial charge in [0.25, 0.3) is 0 Å². The summed E-state index contributed by atoms with van der Waals surface area (Å²) in [6.45, 7) is 5.47. The number of amides is 2. The van der Waals surface area contributed by atoms with E-state index < -0.39 is 5.82 Å². The van der Waals surface area contributed by atoms with Crippen LogP contribution in [0.3, 0.4) is 0 Å². The molecule has 3 rings (SSSR count). The third-order valence-corrected chi connectivity index (χ3v) is 5.31. The van der Waals surface area contributed by atoms with Gasteiger partial charge in [-0.25, -0.2) is 9.18 Å². The minimum absolute atomic E-state index is 0.0285. The van der Waals surface area contributed by atoms with E-state index in [2.05, 4.69) is 5.32 Å². The number of carbonyl (C=O) groups is 2. The van der Waals surface area contributed by atoms with Gasteiger partial charge >= 0.3 is 6.03 Å². The summed E-state index contributed by atoms with van der Waals surface area (Å²) in [5, 5.41) is 3.04. The maximum absolute atomic E-state index is 14.4. The predicted molar refractivity (Wildman–Crippen MR) is 115 cm³/mol. The number of rotatable bonds is 6. The molecule has 0 radical (unpaired) electrons. The van der Waals surface area contributed by atoms with E-state index in [0.29, 0.717) is 43.9 Å². The van der Waals surface area contributed by atoms with Crippen molar-refractivity contribution in [2.45, 2.75) is 26.3 Å². The number of carbonyl (C=O) groups excluding carboxylic acids is 2. The molecule has 1 heterocycles. The average molecular weight is 413 g/mol. The van der Waals surface area contributed by atoms with Gasteiger partial charge in [-0.1, -0.05) is 12.1 Å². The van der Waals surface area contributed by atoms with Crippen LogP contribution in [0.4, 0.5) is 14.9 Å². The molecule has 30 heavy (non-hydrogen) atoms. The molecule has 6 nitrogen and oxygen atoms in total. The highest BCUT2D eigenvalue weighted by Crippen LogP contribution is 2.22. The first kappa shape index (κ1) is 21.6. The van der Waals surface area contributed by atoms with Crippen LogP contribution in [-0.4, -0.2) is 56.0 Å². The summed E-state index contributed by atoms with van der Waals surface area (Å²) in [6, 6.07) is 12.2. The van der Waals surface area contributed by atoms with Gasteiger partial charge in [-0.2, -0.15) is 0 Å². The van der Waals surface area contributed by atoms with Crippen LogP contribution in [0.5, 0.6) is 5.75 Å². The van der Waals surface area contributed by atoms with E-state index in [1.807, 2.05) is 36.1 Å². The van der Waals surface area contributed by atoms with Crippen molar-refractivity contribution in [3.63, 3.8) is 0 Å². The fraction of sp³-hybridized carbons (Fsp3) is 0.391. The molecule has 0 bridgehead atoms. The number of ether oxygens (including phenoxy) is 1. The summed E-state index contributed by atoms with van der Waals surface area (Å²) >= 11 is 0. The predicted octanol–water partition coefficient (Wildman–Crippen LogP) is 3.50. The summed E-state index contributed by atoms with van der Waals surface area (Å²) in [5.41, 5.74) is 1.92. The Morgan fingerprint density at radius 1 is 1.13 bits per heavy atom. The quantitative estimate of drug-likeness (QED) is 0.737. The highest BCUT2D eigenvalue weighted by atomic mass is 19.1. The average Bonchev–Trinajstić information content (AvgIpc) is 2.73. The number of halogens is 1. The van der Waals surface area contributed by atoms with Crippen molar-refractivity contribution in [1.29, 1.82) is 0 Å². The molecule has 1 aliphatic heterocycles. The fourth-order valence-corrected chi connectivity index (χ4v) is 3.64. The van der Waals surface area contributed by atoms with E-state index in [-0.39, 0.29) is 17.9 Å². The Kier molecular flexibility index (Phi) is 6.92. The van der Waals surface area contributed by atoms with Gasteiger partial charge in [-0.15, -0.1) is 0 Å². The molecule has 1 saturated heterocycles. The van der Waals surface area contributed by atoms with Crippen LogP contribution in [0.1, 0.15) is 29.8 Å². The topological polar surface area (TPSA) is 61.9 Å². The Bertz CT molecular complexity index is 910. The van der Waals surface area contributed by atoms with Gasteiger partial charge < -0.3 is 19.9 Å². The summed E-state index contributed by atoms with van der Waals surface area (Å²) in [7, 11) is 1.63. The molecule has 1 N–H and O–H groups in total. The molecule has 0 aliphatic carbocycles. The zero-order valence-electron chi connectivity index (χ0n) is 17.7. The minimum Gasteiger partial charge on any atom is -0.497 e. The van der Waals surface area contributed by atoms with Crippen LogP contribution in [0, 0.1) is 5.82 Å². The number of benzene rings is 2. The van der Waals surface area contributed by atoms with Gasteiger partial charge in [0.15, 0.2) is 5.78 Å². The molecule has 160 valence electrons. The summed E-state index contributed by atoms with van der Waals surface area (Å²) < 4.78 is 19.6. The van der Waals surface area contributed by atoms with E-state index in [1.54, 1.807) is 24.1 Å². The summed E-state index contributed by atoms with van der Waals surface area (Å²) in [6.07, 6.45) is 0.705. The molecule has 7 heteroatoms. The van der Waals surface area contributed by atoms with Crippen molar-refractivity contribution in [1.82, 2.24) is 10.2 Å². The lowest BCUT2D eigenvalue weighted by atomic mass is 10.1. The third-order valence-electron chi connectivity index (χ3n) is 5.31. The monoisotopic (exact) mass is 413 g/mol. The Balaban J connectivity index is 1.52. The number of piperazine rings is 1. The smallest absolute Gasteiger partial charge is 0.317 e. The number of urea groups is 1. The molecular weight excluding hydrogens is 385 g/mol. The van der Waals surface area contributed by atoms with Crippen molar-refractivity contribution in [2.75, 3.05) is 38.2 Å². The molecule has 0 saturated carbocycles. The fourth-order valence-electron chi connectivity index (χ4n) is 3.64. The second-order valence-corrected chi connectivity index (χ2v) is 7.60. The van der Waals surface area contributed by atoms with Gasteiger partial charge in [0.1, 0.15) is 11.6 Å². The number of hydrogen-bond acceptors (Lipinski definition) is 4. The number of nitrogens with one attached hydrogen (secondary N) is 1. The van der Waals surface area contributed by atoms with Crippen LogP contribution >= 0.6 is 0 Å². The Hall–Kier alpha value is -3.09. The van der Waals surface area contributed by atoms with E-state index >= 15 is 0 Å². The number of hydrogen-bond donors (Lipinski definition) is 1. The van der Waals surface area contributed by atoms with E-state index in [1.165, 1.54) is 13.0 Å². The van der Waals surface area contributed by atoms with Crippen molar-refractivity contribution < 1.29 is 18.7 Å². The molecule has 0 spiro atoms. The summed E-state index contributed by atoms with van der Waals surface area (Å²) in [5.74, 6) is 0.225. The lowest BCUT2D eigenvalue weighted by Gasteiger charge is -2.36. The highest BCUT2D eigenvalue weighted by molar-refractivity contribution is 5.94. The minimum atomic E-state index is -0.410.